The summed E-state index contributed by atoms with van der Waals surface area (Å²) in [5, 5.41) is 3.64. The second-order valence-corrected chi connectivity index (χ2v) is 5.32. The van der Waals surface area contributed by atoms with Gasteiger partial charge in [-0.3, -0.25) is 0 Å². The van der Waals surface area contributed by atoms with Crippen LogP contribution in [0.25, 0.3) is 0 Å². The second-order valence-electron chi connectivity index (χ2n) is 4.92. The monoisotopic (exact) mass is 291 g/mol. The summed E-state index contributed by atoms with van der Waals surface area (Å²) in [4.78, 5) is 0. The highest BCUT2D eigenvalue weighted by atomic mass is 35.5. The molecule has 2 aromatic rings. The summed E-state index contributed by atoms with van der Waals surface area (Å²) >= 11 is 5.77. The molecule has 2 aromatic carbocycles. The van der Waals surface area contributed by atoms with E-state index in [2.05, 4.69) is 31.3 Å². The molecule has 1 atom stereocenters. The van der Waals surface area contributed by atoms with Gasteiger partial charge in [0.2, 0.25) is 0 Å². The lowest BCUT2D eigenvalue weighted by molar-refractivity contribution is 0.584. The fourth-order valence-electron chi connectivity index (χ4n) is 2.30. The molecule has 3 heteroatoms. The molecule has 0 spiro atoms. The highest BCUT2D eigenvalue weighted by Gasteiger charge is 2.16. The predicted octanol–water partition coefficient (Wildman–Crippen LogP) is 4.88. The van der Waals surface area contributed by atoms with E-state index < -0.39 is 0 Å². The second kappa shape index (κ2) is 6.87. The minimum atomic E-state index is -0.374. The molecule has 0 aromatic heterocycles. The summed E-state index contributed by atoms with van der Waals surface area (Å²) in [6.07, 6.45) is 1.03. The SMILES string of the molecule is CCCNC(c1ccc(Cl)c(F)c1)c1ccccc1C. The van der Waals surface area contributed by atoms with E-state index in [-0.39, 0.29) is 16.9 Å². The number of aryl methyl sites for hydroxylation is 1. The van der Waals surface area contributed by atoms with E-state index in [4.69, 9.17) is 11.6 Å². The van der Waals surface area contributed by atoms with E-state index in [0.29, 0.717) is 0 Å². The summed E-state index contributed by atoms with van der Waals surface area (Å²) in [5.74, 6) is -0.374. The fourth-order valence-corrected chi connectivity index (χ4v) is 2.42. The number of nitrogens with one attached hydrogen (secondary N) is 1. The number of benzene rings is 2. The van der Waals surface area contributed by atoms with Gasteiger partial charge in [0.05, 0.1) is 11.1 Å². The zero-order valence-corrected chi connectivity index (χ0v) is 12.5. The first-order valence-corrected chi connectivity index (χ1v) is 7.25. The van der Waals surface area contributed by atoms with Crippen molar-refractivity contribution in [3.63, 3.8) is 0 Å². The van der Waals surface area contributed by atoms with Crippen LogP contribution in [-0.4, -0.2) is 6.54 Å². The van der Waals surface area contributed by atoms with Gasteiger partial charge >= 0.3 is 0 Å². The van der Waals surface area contributed by atoms with Crippen molar-refractivity contribution in [2.75, 3.05) is 6.54 Å². The largest absolute Gasteiger partial charge is 0.306 e. The molecule has 0 amide bonds. The van der Waals surface area contributed by atoms with Crippen LogP contribution in [0.1, 0.15) is 36.1 Å². The van der Waals surface area contributed by atoms with Crippen molar-refractivity contribution in [2.24, 2.45) is 0 Å². The van der Waals surface area contributed by atoms with Gasteiger partial charge < -0.3 is 5.32 Å². The number of hydrogen-bond acceptors (Lipinski definition) is 1. The van der Waals surface area contributed by atoms with Gasteiger partial charge in [0.1, 0.15) is 5.82 Å². The molecule has 0 saturated heterocycles. The van der Waals surface area contributed by atoms with Crippen LogP contribution in [0.5, 0.6) is 0 Å². The lowest BCUT2D eigenvalue weighted by Crippen LogP contribution is -2.24. The van der Waals surface area contributed by atoms with Gasteiger partial charge in [-0.1, -0.05) is 48.9 Å². The maximum Gasteiger partial charge on any atom is 0.142 e. The number of hydrogen-bond donors (Lipinski definition) is 1. The third-order valence-electron chi connectivity index (χ3n) is 3.37. The van der Waals surface area contributed by atoms with Crippen LogP contribution >= 0.6 is 11.6 Å². The van der Waals surface area contributed by atoms with E-state index in [0.717, 1.165) is 18.5 Å². The Balaban J connectivity index is 2.41. The highest BCUT2D eigenvalue weighted by Crippen LogP contribution is 2.27. The molecule has 0 radical (unpaired) electrons. The minimum Gasteiger partial charge on any atom is -0.306 e. The molecule has 1 N–H and O–H groups in total. The molecule has 20 heavy (non-hydrogen) atoms. The van der Waals surface area contributed by atoms with Gasteiger partial charge in [-0.2, -0.15) is 0 Å². The van der Waals surface area contributed by atoms with Crippen LogP contribution in [0.15, 0.2) is 42.5 Å². The fraction of sp³-hybridized carbons (Fsp3) is 0.294. The van der Waals surface area contributed by atoms with E-state index in [1.54, 1.807) is 6.07 Å². The van der Waals surface area contributed by atoms with Gasteiger partial charge in [-0.05, 0) is 48.7 Å². The Morgan fingerprint density at radius 2 is 1.95 bits per heavy atom. The third kappa shape index (κ3) is 3.38. The topological polar surface area (TPSA) is 12.0 Å². The van der Waals surface area contributed by atoms with Crippen LogP contribution in [0.2, 0.25) is 5.02 Å². The average Bonchev–Trinajstić information content (AvgIpc) is 2.44. The van der Waals surface area contributed by atoms with Crippen molar-refractivity contribution in [3.05, 3.63) is 70.0 Å². The van der Waals surface area contributed by atoms with E-state index in [1.165, 1.54) is 17.2 Å². The first-order valence-electron chi connectivity index (χ1n) is 6.87. The van der Waals surface area contributed by atoms with Crippen LogP contribution in [0.4, 0.5) is 4.39 Å². The van der Waals surface area contributed by atoms with Gasteiger partial charge in [0.25, 0.3) is 0 Å². The Labute approximate surface area is 124 Å². The maximum absolute atomic E-state index is 13.7. The average molecular weight is 292 g/mol. The Morgan fingerprint density at radius 3 is 2.60 bits per heavy atom. The third-order valence-corrected chi connectivity index (χ3v) is 3.68. The summed E-state index contributed by atoms with van der Waals surface area (Å²) in [6.45, 7) is 5.07. The predicted molar refractivity (Wildman–Crippen MR) is 82.7 cm³/mol. The van der Waals surface area contributed by atoms with Crippen LogP contribution in [-0.2, 0) is 0 Å². The van der Waals surface area contributed by atoms with Crippen molar-refractivity contribution in [3.8, 4) is 0 Å². The van der Waals surface area contributed by atoms with Crippen LogP contribution in [0, 0.1) is 12.7 Å². The molecule has 1 unspecified atom stereocenters. The zero-order valence-electron chi connectivity index (χ0n) is 11.8. The molecule has 0 fully saturated rings. The molecule has 0 saturated carbocycles. The van der Waals surface area contributed by atoms with Crippen molar-refractivity contribution in [2.45, 2.75) is 26.3 Å². The van der Waals surface area contributed by atoms with Gasteiger partial charge in [0.15, 0.2) is 0 Å². The van der Waals surface area contributed by atoms with Crippen molar-refractivity contribution >= 4 is 11.6 Å². The van der Waals surface area contributed by atoms with Crippen LogP contribution in [0.3, 0.4) is 0 Å². The Bertz CT molecular complexity index is 583. The van der Waals surface area contributed by atoms with Gasteiger partial charge in [-0.25, -0.2) is 4.39 Å². The van der Waals surface area contributed by atoms with Crippen LogP contribution < -0.4 is 5.32 Å². The van der Waals surface area contributed by atoms with Gasteiger partial charge in [-0.15, -0.1) is 0 Å². The van der Waals surface area contributed by atoms with Crippen molar-refractivity contribution < 1.29 is 4.39 Å². The Hall–Kier alpha value is -1.38. The molecular weight excluding hydrogens is 273 g/mol. The summed E-state index contributed by atoms with van der Waals surface area (Å²) in [6, 6.07) is 13.2. The minimum absolute atomic E-state index is 0.0112. The van der Waals surface area contributed by atoms with Crippen molar-refractivity contribution in [1.29, 1.82) is 0 Å². The smallest absolute Gasteiger partial charge is 0.142 e. The first kappa shape index (κ1) is 15.0. The molecule has 1 nitrogen and oxygen atoms in total. The molecule has 2 rings (SSSR count). The number of rotatable bonds is 5. The molecule has 0 bridgehead atoms. The molecule has 106 valence electrons. The van der Waals surface area contributed by atoms with E-state index in [1.807, 2.05) is 18.2 Å². The maximum atomic E-state index is 13.7. The quantitative estimate of drug-likeness (QED) is 0.828. The summed E-state index contributed by atoms with van der Waals surface area (Å²) < 4.78 is 13.7. The van der Waals surface area contributed by atoms with E-state index >= 15 is 0 Å². The summed E-state index contributed by atoms with van der Waals surface area (Å²) in [7, 11) is 0. The summed E-state index contributed by atoms with van der Waals surface area (Å²) in [5.41, 5.74) is 3.26. The lowest BCUT2D eigenvalue weighted by Gasteiger charge is -2.21. The van der Waals surface area contributed by atoms with E-state index in [9.17, 15) is 4.39 Å². The Kier molecular flexibility index (Phi) is 5.16. The molecule has 0 heterocycles. The Morgan fingerprint density at radius 1 is 1.20 bits per heavy atom. The molecule has 0 aliphatic heterocycles. The van der Waals surface area contributed by atoms with Gasteiger partial charge in [0, 0.05) is 0 Å². The normalized spacial score (nSPS) is 12.4. The first-order chi connectivity index (χ1) is 9.63. The molecule has 0 aliphatic carbocycles. The van der Waals surface area contributed by atoms with Crippen molar-refractivity contribution in [1.82, 2.24) is 5.32 Å². The molecular formula is C17H19ClFN. The highest BCUT2D eigenvalue weighted by molar-refractivity contribution is 6.30. The zero-order chi connectivity index (χ0) is 14.5. The standard InChI is InChI=1S/C17H19ClFN/c1-3-10-20-17(14-7-5-4-6-12(14)2)13-8-9-15(18)16(19)11-13/h4-9,11,17,20H,3,10H2,1-2H3. The lowest BCUT2D eigenvalue weighted by atomic mass is 9.95. The number of halogens is 2. The molecule has 0 aliphatic rings.